The molecule has 120 valence electrons. The molecule has 0 saturated heterocycles. The average Bonchev–Trinajstić information content (AvgIpc) is 2.46. The Labute approximate surface area is 125 Å². The summed E-state index contributed by atoms with van der Waals surface area (Å²) in [6, 6.07) is 4.45. The highest BCUT2D eigenvalue weighted by Gasteiger charge is 2.21. The summed E-state index contributed by atoms with van der Waals surface area (Å²) in [6.45, 7) is 3.23. The molecule has 0 spiro atoms. The lowest BCUT2D eigenvalue weighted by Gasteiger charge is -2.19. The number of nitrogens with one attached hydrogen (secondary N) is 2. The summed E-state index contributed by atoms with van der Waals surface area (Å²) in [6.07, 6.45) is 0. The zero-order valence-corrected chi connectivity index (χ0v) is 13.7. The molecule has 0 saturated carbocycles. The molecule has 0 amide bonds. The first-order chi connectivity index (χ1) is 9.64. The summed E-state index contributed by atoms with van der Waals surface area (Å²) in [5.74, 6) is -0.233. The van der Waals surface area contributed by atoms with Gasteiger partial charge in [0.15, 0.2) is 0 Å². The van der Waals surface area contributed by atoms with Crippen LogP contribution >= 0.6 is 0 Å². The highest BCUT2D eigenvalue weighted by molar-refractivity contribution is 7.90. The van der Waals surface area contributed by atoms with Crippen LogP contribution in [0.3, 0.4) is 0 Å². The van der Waals surface area contributed by atoms with Gasteiger partial charge in [-0.3, -0.25) is 0 Å². The van der Waals surface area contributed by atoms with Gasteiger partial charge in [-0.25, -0.2) is 26.3 Å². The molecule has 2 atom stereocenters. The zero-order chi connectivity index (χ0) is 16.3. The first-order valence-corrected chi connectivity index (χ1v) is 9.27. The maximum atomic E-state index is 12.1. The van der Waals surface area contributed by atoms with Gasteiger partial charge in [0.2, 0.25) is 20.0 Å². The summed E-state index contributed by atoms with van der Waals surface area (Å²) in [5.41, 5.74) is 0. The van der Waals surface area contributed by atoms with Crippen LogP contribution < -0.4 is 9.44 Å². The van der Waals surface area contributed by atoms with E-state index in [0.29, 0.717) is 0 Å². The second-order valence-electron chi connectivity index (χ2n) is 4.75. The number of aliphatic hydroxyl groups is 1. The molecule has 1 aromatic carbocycles. The van der Waals surface area contributed by atoms with Gasteiger partial charge in [0.1, 0.15) is 0 Å². The van der Waals surface area contributed by atoms with Crippen LogP contribution in [0.15, 0.2) is 34.1 Å². The summed E-state index contributed by atoms with van der Waals surface area (Å²) in [4.78, 5) is -0.0460. The zero-order valence-electron chi connectivity index (χ0n) is 12.1. The molecule has 0 aliphatic heterocycles. The molecular formula is C12H20N2O5S2. The minimum absolute atomic E-state index is 0.0132. The van der Waals surface area contributed by atoms with Crippen LogP contribution in [0.5, 0.6) is 0 Å². The van der Waals surface area contributed by atoms with E-state index in [4.69, 9.17) is 5.11 Å². The molecule has 0 bridgehead atoms. The van der Waals surface area contributed by atoms with Crippen LogP contribution in [0.2, 0.25) is 0 Å². The molecule has 7 nitrogen and oxygen atoms in total. The third-order valence-electron chi connectivity index (χ3n) is 3.20. The number of benzene rings is 1. The number of rotatable bonds is 7. The Balaban J connectivity index is 3.01. The molecule has 0 heterocycles. The quantitative estimate of drug-likeness (QED) is 0.643. The lowest BCUT2D eigenvalue weighted by Crippen LogP contribution is -2.38. The normalized spacial score (nSPS) is 15.6. The van der Waals surface area contributed by atoms with Gasteiger partial charge in [-0.2, -0.15) is 0 Å². The van der Waals surface area contributed by atoms with E-state index in [0.717, 1.165) is 0 Å². The highest BCUT2D eigenvalue weighted by Crippen LogP contribution is 2.15. The van der Waals surface area contributed by atoms with Crippen LogP contribution in [0, 0.1) is 5.92 Å². The SMILES string of the molecule is CNS(=O)(=O)c1ccc(S(=O)(=O)NC(C)C(C)CO)cc1. The van der Waals surface area contributed by atoms with Crippen LogP contribution in [-0.2, 0) is 20.0 Å². The average molecular weight is 336 g/mol. The largest absolute Gasteiger partial charge is 0.396 e. The first-order valence-electron chi connectivity index (χ1n) is 6.31. The Morgan fingerprint density at radius 2 is 1.43 bits per heavy atom. The third kappa shape index (κ3) is 4.48. The van der Waals surface area contributed by atoms with Crippen LogP contribution in [0.1, 0.15) is 13.8 Å². The molecule has 0 radical (unpaired) electrons. The maximum absolute atomic E-state index is 12.1. The van der Waals surface area contributed by atoms with Crippen LogP contribution in [0.25, 0.3) is 0 Å². The summed E-state index contributed by atoms with van der Waals surface area (Å²) >= 11 is 0. The van der Waals surface area contributed by atoms with E-state index in [1.165, 1.54) is 31.3 Å². The van der Waals surface area contributed by atoms with E-state index in [-0.39, 0.29) is 22.3 Å². The van der Waals surface area contributed by atoms with Crippen molar-refractivity contribution in [2.75, 3.05) is 13.7 Å². The number of aliphatic hydroxyl groups excluding tert-OH is 1. The van der Waals surface area contributed by atoms with E-state index in [1.54, 1.807) is 13.8 Å². The molecule has 0 fully saturated rings. The molecule has 1 rings (SSSR count). The lowest BCUT2D eigenvalue weighted by atomic mass is 10.1. The minimum Gasteiger partial charge on any atom is -0.396 e. The van der Waals surface area contributed by atoms with Gasteiger partial charge < -0.3 is 5.11 Å². The Kier molecular flexibility index (Phi) is 5.88. The molecule has 1 aromatic rings. The van der Waals surface area contributed by atoms with Crippen molar-refractivity contribution in [3.63, 3.8) is 0 Å². The molecule has 2 unspecified atom stereocenters. The predicted molar refractivity (Wildman–Crippen MR) is 78.7 cm³/mol. The Morgan fingerprint density at radius 3 is 1.81 bits per heavy atom. The first kappa shape index (κ1) is 18.1. The summed E-state index contributed by atoms with van der Waals surface area (Å²) in [5, 5.41) is 9.02. The van der Waals surface area contributed by atoms with Crippen LogP contribution in [-0.4, -0.2) is 41.6 Å². The fourth-order valence-electron chi connectivity index (χ4n) is 1.50. The van der Waals surface area contributed by atoms with Crippen molar-refractivity contribution >= 4 is 20.0 Å². The van der Waals surface area contributed by atoms with E-state index in [2.05, 4.69) is 9.44 Å². The van der Waals surface area contributed by atoms with Gasteiger partial charge in [-0.15, -0.1) is 0 Å². The Hall–Kier alpha value is -1.00. The van der Waals surface area contributed by atoms with Crippen molar-refractivity contribution in [2.24, 2.45) is 5.92 Å². The van der Waals surface area contributed by atoms with Crippen molar-refractivity contribution in [3.05, 3.63) is 24.3 Å². The molecule has 21 heavy (non-hydrogen) atoms. The van der Waals surface area contributed by atoms with Gasteiger partial charge >= 0.3 is 0 Å². The second-order valence-corrected chi connectivity index (χ2v) is 8.35. The molecule has 0 aliphatic rings. The van der Waals surface area contributed by atoms with Gasteiger partial charge in [0, 0.05) is 12.6 Å². The standard InChI is InChI=1S/C12H20N2O5S2/c1-9(8-15)10(2)14-21(18,19)12-6-4-11(5-7-12)20(16,17)13-3/h4-7,9-10,13-15H,8H2,1-3H3. The predicted octanol–water partition coefficient (Wildman–Crippen LogP) is -0.110. The molecule has 0 aliphatic carbocycles. The molecule has 3 N–H and O–H groups in total. The van der Waals surface area contributed by atoms with Crippen LogP contribution in [0.4, 0.5) is 0 Å². The minimum atomic E-state index is -3.76. The fraction of sp³-hybridized carbons (Fsp3) is 0.500. The summed E-state index contributed by atoms with van der Waals surface area (Å²) in [7, 11) is -6.08. The van der Waals surface area contributed by atoms with Gasteiger partial charge in [-0.05, 0) is 44.2 Å². The maximum Gasteiger partial charge on any atom is 0.240 e. The van der Waals surface area contributed by atoms with Crippen molar-refractivity contribution in [1.29, 1.82) is 0 Å². The van der Waals surface area contributed by atoms with Crippen molar-refractivity contribution < 1.29 is 21.9 Å². The van der Waals surface area contributed by atoms with Crippen molar-refractivity contribution in [3.8, 4) is 0 Å². The smallest absolute Gasteiger partial charge is 0.240 e. The number of hydrogen-bond donors (Lipinski definition) is 3. The fourth-order valence-corrected chi connectivity index (χ4v) is 3.59. The highest BCUT2D eigenvalue weighted by atomic mass is 32.2. The second kappa shape index (κ2) is 6.84. The number of hydrogen-bond acceptors (Lipinski definition) is 5. The topological polar surface area (TPSA) is 113 Å². The Bertz CT molecular complexity index is 668. The Morgan fingerprint density at radius 1 is 1.00 bits per heavy atom. The van der Waals surface area contributed by atoms with E-state index < -0.39 is 26.1 Å². The molecular weight excluding hydrogens is 316 g/mol. The monoisotopic (exact) mass is 336 g/mol. The molecule has 9 heteroatoms. The summed E-state index contributed by atoms with van der Waals surface area (Å²) < 4.78 is 52.0. The van der Waals surface area contributed by atoms with Crippen molar-refractivity contribution in [1.82, 2.24) is 9.44 Å². The van der Waals surface area contributed by atoms with Gasteiger partial charge in [-0.1, -0.05) is 6.92 Å². The van der Waals surface area contributed by atoms with Gasteiger partial charge in [0.05, 0.1) is 9.79 Å². The third-order valence-corrected chi connectivity index (χ3v) is 6.20. The lowest BCUT2D eigenvalue weighted by molar-refractivity contribution is 0.216. The van der Waals surface area contributed by atoms with Gasteiger partial charge in [0.25, 0.3) is 0 Å². The number of sulfonamides is 2. The van der Waals surface area contributed by atoms with E-state index in [9.17, 15) is 16.8 Å². The van der Waals surface area contributed by atoms with E-state index >= 15 is 0 Å². The van der Waals surface area contributed by atoms with E-state index in [1.807, 2.05) is 0 Å². The van der Waals surface area contributed by atoms with Crippen molar-refractivity contribution in [2.45, 2.75) is 29.7 Å². The molecule has 0 aromatic heterocycles.